The summed E-state index contributed by atoms with van der Waals surface area (Å²) in [7, 11) is 1.81. The zero-order chi connectivity index (χ0) is 13.4. The van der Waals surface area contributed by atoms with Crippen LogP contribution in [0.2, 0.25) is 0 Å². The highest BCUT2D eigenvalue weighted by Crippen LogP contribution is 2.17. The third-order valence-corrected chi connectivity index (χ3v) is 3.17. The Bertz CT molecular complexity index is 382. The summed E-state index contributed by atoms with van der Waals surface area (Å²) in [6.45, 7) is 3.25. The summed E-state index contributed by atoms with van der Waals surface area (Å²) in [5.41, 5.74) is 1.20. The molecule has 1 aromatic rings. The Hall–Kier alpha value is -1.03. The number of benzene rings is 1. The maximum absolute atomic E-state index is 11.5. The smallest absolute Gasteiger partial charge is 0.223 e. The predicted octanol–water partition coefficient (Wildman–Crippen LogP) is 2.87. The number of aryl methyl sites for hydroxylation is 1. The Morgan fingerprint density at radius 3 is 2.78 bits per heavy atom. The average molecular weight is 314 g/mol. The second kappa shape index (κ2) is 8.14. The van der Waals surface area contributed by atoms with Gasteiger partial charge >= 0.3 is 0 Å². The summed E-state index contributed by atoms with van der Waals surface area (Å²) in [6.07, 6.45) is 1.48. The van der Waals surface area contributed by atoms with Gasteiger partial charge in [-0.25, -0.2) is 0 Å². The molecule has 1 aromatic carbocycles. The van der Waals surface area contributed by atoms with Crippen LogP contribution in [-0.2, 0) is 11.2 Å². The first kappa shape index (κ1) is 15.0. The highest BCUT2D eigenvalue weighted by Gasteiger charge is 2.07. The van der Waals surface area contributed by atoms with Crippen LogP contribution in [-0.4, -0.2) is 36.3 Å². The molecule has 0 unspecified atom stereocenters. The number of alkyl halides is 1. The highest BCUT2D eigenvalue weighted by molar-refractivity contribution is 9.09. The molecular formula is C14H20BrNO2. The number of carbonyl (C=O) groups excluding carboxylic acids is 1. The van der Waals surface area contributed by atoms with Gasteiger partial charge in [-0.15, -0.1) is 0 Å². The van der Waals surface area contributed by atoms with E-state index in [0.29, 0.717) is 24.9 Å². The van der Waals surface area contributed by atoms with Crippen molar-refractivity contribution >= 4 is 21.8 Å². The maximum atomic E-state index is 11.5. The molecule has 0 saturated heterocycles. The average Bonchev–Trinajstić information content (AvgIpc) is 2.39. The van der Waals surface area contributed by atoms with E-state index < -0.39 is 0 Å². The normalized spacial score (nSPS) is 10.2. The van der Waals surface area contributed by atoms with Gasteiger partial charge in [0.1, 0.15) is 12.4 Å². The molecule has 0 saturated carbocycles. The van der Waals surface area contributed by atoms with Gasteiger partial charge in [0.05, 0.1) is 6.54 Å². The number of para-hydroxylation sites is 1. The molecule has 0 heterocycles. The summed E-state index contributed by atoms with van der Waals surface area (Å²) in [4.78, 5) is 13.3. The Morgan fingerprint density at radius 2 is 2.11 bits per heavy atom. The van der Waals surface area contributed by atoms with Crippen LogP contribution in [0.5, 0.6) is 5.75 Å². The zero-order valence-electron chi connectivity index (χ0n) is 11.0. The number of ether oxygens (including phenoxy) is 1. The quantitative estimate of drug-likeness (QED) is 0.724. The second-order valence-electron chi connectivity index (χ2n) is 4.06. The molecule has 0 atom stereocenters. The molecular weight excluding hydrogens is 294 g/mol. The third kappa shape index (κ3) is 4.69. The van der Waals surface area contributed by atoms with E-state index in [4.69, 9.17) is 4.74 Å². The summed E-state index contributed by atoms with van der Waals surface area (Å²) in [5.74, 6) is 1.06. The lowest BCUT2D eigenvalue weighted by molar-refractivity contribution is -0.129. The number of halogens is 1. The minimum atomic E-state index is 0.138. The number of carbonyl (C=O) groups is 1. The van der Waals surface area contributed by atoms with Crippen molar-refractivity contribution in [2.75, 3.05) is 25.5 Å². The molecule has 0 bridgehead atoms. The van der Waals surface area contributed by atoms with Crippen molar-refractivity contribution in [2.45, 2.75) is 19.8 Å². The Labute approximate surface area is 117 Å². The largest absolute Gasteiger partial charge is 0.491 e. The van der Waals surface area contributed by atoms with Crippen molar-refractivity contribution < 1.29 is 9.53 Å². The molecule has 18 heavy (non-hydrogen) atoms. The van der Waals surface area contributed by atoms with Crippen LogP contribution in [0.25, 0.3) is 0 Å². The van der Waals surface area contributed by atoms with Gasteiger partial charge < -0.3 is 9.64 Å². The van der Waals surface area contributed by atoms with E-state index in [-0.39, 0.29) is 5.91 Å². The summed E-state index contributed by atoms with van der Waals surface area (Å²) >= 11 is 3.26. The van der Waals surface area contributed by atoms with Gasteiger partial charge in [-0.2, -0.15) is 0 Å². The Kier molecular flexibility index (Phi) is 6.80. The highest BCUT2D eigenvalue weighted by atomic mass is 79.9. The molecule has 0 aromatic heterocycles. The maximum Gasteiger partial charge on any atom is 0.223 e. The molecule has 1 rings (SSSR count). The van der Waals surface area contributed by atoms with Crippen LogP contribution in [0, 0.1) is 0 Å². The lowest BCUT2D eigenvalue weighted by Crippen LogP contribution is -2.30. The summed E-state index contributed by atoms with van der Waals surface area (Å²) < 4.78 is 5.72. The van der Waals surface area contributed by atoms with Gasteiger partial charge in [0, 0.05) is 18.8 Å². The molecule has 1 amide bonds. The first-order valence-electron chi connectivity index (χ1n) is 6.19. The van der Waals surface area contributed by atoms with E-state index in [2.05, 4.69) is 28.9 Å². The predicted molar refractivity (Wildman–Crippen MR) is 77.4 cm³/mol. The minimum absolute atomic E-state index is 0.138. The first-order chi connectivity index (χ1) is 8.69. The van der Waals surface area contributed by atoms with Crippen LogP contribution >= 0.6 is 15.9 Å². The fourth-order valence-electron chi connectivity index (χ4n) is 1.63. The molecule has 0 aliphatic rings. The van der Waals surface area contributed by atoms with Crippen molar-refractivity contribution in [3.63, 3.8) is 0 Å². The van der Waals surface area contributed by atoms with E-state index in [1.165, 1.54) is 5.56 Å². The van der Waals surface area contributed by atoms with Gasteiger partial charge in [0.2, 0.25) is 5.91 Å². The number of hydrogen-bond acceptors (Lipinski definition) is 2. The zero-order valence-corrected chi connectivity index (χ0v) is 12.6. The molecule has 0 spiro atoms. The van der Waals surface area contributed by atoms with Crippen LogP contribution < -0.4 is 4.74 Å². The van der Waals surface area contributed by atoms with Gasteiger partial charge in [-0.3, -0.25) is 4.79 Å². The number of likely N-dealkylation sites (N-methyl/N-ethyl adjacent to an activating group) is 1. The van der Waals surface area contributed by atoms with Crippen LogP contribution in [0.1, 0.15) is 18.9 Å². The number of nitrogens with zero attached hydrogens (tertiary/aromatic N) is 1. The van der Waals surface area contributed by atoms with Gasteiger partial charge in [-0.1, -0.05) is 41.1 Å². The van der Waals surface area contributed by atoms with Crippen molar-refractivity contribution in [1.82, 2.24) is 4.90 Å². The van der Waals surface area contributed by atoms with Crippen molar-refractivity contribution in [2.24, 2.45) is 0 Å². The molecule has 0 radical (unpaired) electrons. The van der Waals surface area contributed by atoms with Crippen LogP contribution in [0.3, 0.4) is 0 Å². The molecule has 4 heteroatoms. The standard InChI is InChI=1S/C14H20BrNO2/c1-3-12-6-4-5-7-13(12)18-11-10-16(2)14(17)8-9-15/h4-7H,3,8-11H2,1-2H3. The van der Waals surface area contributed by atoms with Gasteiger partial charge in [0.25, 0.3) is 0 Å². The second-order valence-corrected chi connectivity index (χ2v) is 4.86. The van der Waals surface area contributed by atoms with Crippen LogP contribution in [0.15, 0.2) is 24.3 Å². The lowest BCUT2D eigenvalue weighted by Gasteiger charge is -2.17. The molecule has 0 fully saturated rings. The fourth-order valence-corrected chi connectivity index (χ4v) is 1.96. The molecule has 0 aliphatic heterocycles. The molecule has 100 valence electrons. The topological polar surface area (TPSA) is 29.5 Å². The number of rotatable bonds is 7. The number of hydrogen-bond donors (Lipinski definition) is 0. The van der Waals surface area contributed by atoms with E-state index in [1.54, 1.807) is 11.9 Å². The molecule has 3 nitrogen and oxygen atoms in total. The minimum Gasteiger partial charge on any atom is -0.491 e. The summed E-state index contributed by atoms with van der Waals surface area (Å²) in [6, 6.07) is 8.01. The lowest BCUT2D eigenvalue weighted by atomic mass is 10.1. The first-order valence-corrected chi connectivity index (χ1v) is 7.31. The fraction of sp³-hybridized carbons (Fsp3) is 0.500. The molecule has 0 aliphatic carbocycles. The van der Waals surface area contributed by atoms with Crippen molar-refractivity contribution in [1.29, 1.82) is 0 Å². The monoisotopic (exact) mass is 313 g/mol. The van der Waals surface area contributed by atoms with E-state index in [9.17, 15) is 4.79 Å². The van der Waals surface area contributed by atoms with Gasteiger partial charge in [-0.05, 0) is 18.1 Å². The molecule has 0 N–H and O–H groups in total. The Morgan fingerprint density at radius 1 is 1.39 bits per heavy atom. The SMILES string of the molecule is CCc1ccccc1OCCN(C)C(=O)CCBr. The number of amides is 1. The Balaban J connectivity index is 2.39. The van der Waals surface area contributed by atoms with Gasteiger partial charge in [0.15, 0.2) is 0 Å². The van der Waals surface area contributed by atoms with Crippen molar-refractivity contribution in [3.8, 4) is 5.75 Å². The van der Waals surface area contributed by atoms with Crippen molar-refractivity contribution in [3.05, 3.63) is 29.8 Å². The third-order valence-electron chi connectivity index (χ3n) is 2.77. The van der Waals surface area contributed by atoms with E-state index >= 15 is 0 Å². The van der Waals surface area contributed by atoms with E-state index in [0.717, 1.165) is 12.2 Å². The van der Waals surface area contributed by atoms with Crippen LogP contribution in [0.4, 0.5) is 0 Å². The van der Waals surface area contributed by atoms with E-state index in [1.807, 2.05) is 18.2 Å². The summed E-state index contributed by atoms with van der Waals surface area (Å²) in [5, 5.41) is 0.704.